The van der Waals surface area contributed by atoms with Gasteiger partial charge in [0, 0.05) is 33.3 Å². The Hall–Kier alpha value is -0.680. The first-order valence-corrected chi connectivity index (χ1v) is 8.78. The van der Waals surface area contributed by atoms with Gasteiger partial charge in [-0.3, -0.25) is 4.90 Å². The number of rotatable bonds is 6. The maximum Gasteiger partial charge on any atom is 0.0596 e. The molecule has 0 saturated carbocycles. The molecule has 2 unspecified atom stereocenters. The fourth-order valence-electron chi connectivity index (χ4n) is 2.52. The summed E-state index contributed by atoms with van der Waals surface area (Å²) in [7, 11) is 0. The first-order valence-electron chi connectivity index (χ1n) is 7.09. The van der Waals surface area contributed by atoms with Gasteiger partial charge in [0.15, 0.2) is 0 Å². The highest BCUT2D eigenvalue weighted by Gasteiger charge is 2.27. The summed E-state index contributed by atoms with van der Waals surface area (Å²) in [6.45, 7) is 9.75. The standard InChI is InChI=1S/C16H24N2S2/c1-11(2)18(10-14-6-5-9-19-14)16(13(4)17)15-8-7-12(3)20-15/h5-9,11,13,16H,10,17H2,1-4H3. The first-order chi connectivity index (χ1) is 9.49. The summed E-state index contributed by atoms with van der Waals surface area (Å²) in [4.78, 5) is 6.65. The van der Waals surface area contributed by atoms with Gasteiger partial charge in [0.05, 0.1) is 6.04 Å². The van der Waals surface area contributed by atoms with Gasteiger partial charge in [-0.05, 0) is 51.3 Å². The van der Waals surface area contributed by atoms with E-state index in [-0.39, 0.29) is 12.1 Å². The Balaban J connectivity index is 2.28. The van der Waals surface area contributed by atoms with E-state index in [4.69, 9.17) is 5.73 Å². The minimum absolute atomic E-state index is 0.121. The van der Waals surface area contributed by atoms with Crippen molar-refractivity contribution in [2.24, 2.45) is 5.73 Å². The van der Waals surface area contributed by atoms with E-state index in [1.165, 1.54) is 14.6 Å². The molecule has 4 heteroatoms. The van der Waals surface area contributed by atoms with Crippen molar-refractivity contribution in [1.29, 1.82) is 0 Å². The molecule has 20 heavy (non-hydrogen) atoms. The highest BCUT2D eigenvalue weighted by atomic mass is 32.1. The van der Waals surface area contributed by atoms with Crippen molar-refractivity contribution in [3.8, 4) is 0 Å². The van der Waals surface area contributed by atoms with Crippen LogP contribution in [0, 0.1) is 6.92 Å². The zero-order valence-electron chi connectivity index (χ0n) is 12.7. The molecule has 0 aliphatic rings. The van der Waals surface area contributed by atoms with Crippen molar-refractivity contribution < 1.29 is 0 Å². The smallest absolute Gasteiger partial charge is 0.0596 e. The van der Waals surface area contributed by atoms with E-state index >= 15 is 0 Å². The molecule has 0 aliphatic heterocycles. The second-order valence-electron chi connectivity index (χ2n) is 5.60. The van der Waals surface area contributed by atoms with Crippen LogP contribution in [0.1, 0.15) is 41.4 Å². The zero-order valence-corrected chi connectivity index (χ0v) is 14.3. The van der Waals surface area contributed by atoms with Crippen LogP contribution in [0.15, 0.2) is 29.6 Å². The van der Waals surface area contributed by atoms with Gasteiger partial charge < -0.3 is 5.73 Å². The predicted molar refractivity (Wildman–Crippen MR) is 90.4 cm³/mol. The van der Waals surface area contributed by atoms with Crippen molar-refractivity contribution in [3.63, 3.8) is 0 Å². The van der Waals surface area contributed by atoms with Crippen LogP contribution in [0.5, 0.6) is 0 Å². The molecule has 2 aromatic rings. The third-order valence-corrected chi connectivity index (χ3v) is 5.42. The minimum atomic E-state index is 0.121. The number of hydrogen-bond acceptors (Lipinski definition) is 4. The lowest BCUT2D eigenvalue weighted by molar-refractivity contribution is 0.131. The van der Waals surface area contributed by atoms with Gasteiger partial charge in [0.1, 0.15) is 0 Å². The average Bonchev–Trinajstić information content (AvgIpc) is 2.99. The van der Waals surface area contributed by atoms with E-state index in [1.54, 1.807) is 0 Å². The SMILES string of the molecule is Cc1ccc(C(C(C)N)N(Cc2cccs2)C(C)C)s1. The number of aryl methyl sites for hydroxylation is 1. The van der Waals surface area contributed by atoms with Crippen LogP contribution in [0.2, 0.25) is 0 Å². The maximum atomic E-state index is 6.31. The van der Waals surface area contributed by atoms with Crippen LogP contribution in [-0.4, -0.2) is 17.0 Å². The van der Waals surface area contributed by atoms with Crippen molar-refractivity contribution in [2.45, 2.75) is 52.4 Å². The van der Waals surface area contributed by atoms with E-state index < -0.39 is 0 Å². The van der Waals surface area contributed by atoms with Gasteiger partial charge in [-0.2, -0.15) is 0 Å². The topological polar surface area (TPSA) is 29.3 Å². The molecule has 2 aromatic heterocycles. The van der Waals surface area contributed by atoms with Gasteiger partial charge in [-0.1, -0.05) is 6.07 Å². The molecule has 0 fully saturated rings. The van der Waals surface area contributed by atoms with Crippen LogP contribution in [0.3, 0.4) is 0 Å². The van der Waals surface area contributed by atoms with E-state index in [2.05, 4.69) is 62.2 Å². The molecule has 0 saturated heterocycles. The summed E-state index contributed by atoms with van der Waals surface area (Å²) in [5, 5.41) is 2.14. The van der Waals surface area contributed by atoms with Crippen LogP contribution in [-0.2, 0) is 6.54 Å². The summed E-state index contributed by atoms with van der Waals surface area (Å²) < 4.78 is 0. The Labute approximate surface area is 130 Å². The molecule has 2 nitrogen and oxygen atoms in total. The van der Waals surface area contributed by atoms with Crippen molar-refractivity contribution in [1.82, 2.24) is 4.90 Å². The Morgan fingerprint density at radius 2 is 1.95 bits per heavy atom. The average molecular weight is 309 g/mol. The van der Waals surface area contributed by atoms with Crippen molar-refractivity contribution in [3.05, 3.63) is 44.3 Å². The van der Waals surface area contributed by atoms with Gasteiger partial charge in [0.25, 0.3) is 0 Å². The molecule has 0 bridgehead atoms. The zero-order chi connectivity index (χ0) is 14.7. The van der Waals surface area contributed by atoms with E-state index in [1.807, 2.05) is 22.7 Å². The van der Waals surface area contributed by atoms with Crippen LogP contribution >= 0.6 is 22.7 Å². The van der Waals surface area contributed by atoms with Crippen LogP contribution < -0.4 is 5.73 Å². The van der Waals surface area contributed by atoms with Crippen molar-refractivity contribution in [2.75, 3.05) is 0 Å². The molecule has 2 atom stereocenters. The summed E-state index contributed by atoms with van der Waals surface area (Å²) >= 11 is 3.68. The van der Waals surface area contributed by atoms with Gasteiger partial charge in [0.2, 0.25) is 0 Å². The molecular formula is C16H24N2S2. The molecule has 0 spiro atoms. The third-order valence-electron chi connectivity index (χ3n) is 3.49. The second-order valence-corrected chi connectivity index (χ2v) is 7.95. The maximum absolute atomic E-state index is 6.31. The highest BCUT2D eigenvalue weighted by molar-refractivity contribution is 7.12. The molecule has 2 rings (SSSR count). The predicted octanol–water partition coefficient (Wildman–Crippen LogP) is 4.42. The molecule has 2 heterocycles. The Kier molecular flexibility index (Phi) is 5.38. The Morgan fingerprint density at radius 3 is 2.40 bits per heavy atom. The third kappa shape index (κ3) is 3.70. The van der Waals surface area contributed by atoms with E-state index in [0.29, 0.717) is 6.04 Å². The summed E-state index contributed by atoms with van der Waals surface area (Å²) in [6, 6.07) is 9.63. The molecule has 0 aromatic carbocycles. The lowest BCUT2D eigenvalue weighted by Gasteiger charge is -2.36. The van der Waals surface area contributed by atoms with Crippen LogP contribution in [0.25, 0.3) is 0 Å². The normalized spacial score (nSPS) is 14.9. The lowest BCUT2D eigenvalue weighted by Crippen LogP contribution is -2.42. The quantitative estimate of drug-likeness (QED) is 0.856. The highest BCUT2D eigenvalue weighted by Crippen LogP contribution is 2.32. The largest absolute Gasteiger partial charge is 0.326 e. The fraction of sp³-hybridized carbons (Fsp3) is 0.500. The lowest BCUT2D eigenvalue weighted by atomic mass is 10.0. The summed E-state index contributed by atoms with van der Waals surface area (Å²) in [5.74, 6) is 0. The van der Waals surface area contributed by atoms with E-state index in [0.717, 1.165) is 6.54 Å². The molecule has 110 valence electrons. The Bertz CT molecular complexity index is 514. The second kappa shape index (κ2) is 6.85. The number of hydrogen-bond donors (Lipinski definition) is 1. The fourth-order valence-corrected chi connectivity index (χ4v) is 4.35. The van der Waals surface area contributed by atoms with Gasteiger partial charge in [-0.25, -0.2) is 0 Å². The molecule has 2 N–H and O–H groups in total. The first kappa shape index (κ1) is 15.7. The van der Waals surface area contributed by atoms with Crippen molar-refractivity contribution >= 4 is 22.7 Å². The van der Waals surface area contributed by atoms with E-state index in [9.17, 15) is 0 Å². The molecule has 0 aliphatic carbocycles. The van der Waals surface area contributed by atoms with Gasteiger partial charge in [-0.15, -0.1) is 22.7 Å². The molecule has 0 amide bonds. The van der Waals surface area contributed by atoms with Crippen LogP contribution in [0.4, 0.5) is 0 Å². The number of thiophene rings is 2. The Morgan fingerprint density at radius 1 is 1.20 bits per heavy atom. The summed E-state index contributed by atoms with van der Waals surface area (Å²) in [6.07, 6.45) is 0. The van der Waals surface area contributed by atoms with Gasteiger partial charge >= 0.3 is 0 Å². The molecular weight excluding hydrogens is 284 g/mol. The number of nitrogens with two attached hydrogens (primary N) is 1. The number of nitrogens with zero attached hydrogens (tertiary/aromatic N) is 1. The molecule has 0 radical (unpaired) electrons. The monoisotopic (exact) mass is 308 g/mol. The summed E-state index contributed by atoms with van der Waals surface area (Å²) in [5.41, 5.74) is 6.31. The minimum Gasteiger partial charge on any atom is -0.326 e.